The Morgan fingerprint density at radius 1 is 1.57 bits per heavy atom. The Kier molecular flexibility index (Phi) is 4.19. The summed E-state index contributed by atoms with van der Waals surface area (Å²) in [4.78, 5) is 11.0. The van der Waals surface area contributed by atoms with Gasteiger partial charge in [-0.1, -0.05) is 13.3 Å². The fourth-order valence-corrected chi connectivity index (χ4v) is 0.964. The van der Waals surface area contributed by atoms with Crippen molar-refractivity contribution in [1.29, 1.82) is 0 Å². The molecule has 1 N–H and O–H groups in total. The molecule has 4 nitrogen and oxygen atoms in total. The molecule has 4 heteroatoms. The number of aromatic hydroxyl groups is 1. The second kappa shape index (κ2) is 5.44. The first kappa shape index (κ1) is 10.8. The first-order chi connectivity index (χ1) is 6.75. The Hall–Kier alpha value is -1.29. The largest absolute Gasteiger partial charge is 0.502 e. The fourth-order valence-electron chi connectivity index (χ4n) is 0.964. The lowest BCUT2D eigenvalue weighted by Gasteiger charge is -2.03. The molecule has 0 fully saturated rings. The van der Waals surface area contributed by atoms with Crippen molar-refractivity contribution in [3.8, 4) is 5.75 Å². The summed E-state index contributed by atoms with van der Waals surface area (Å²) in [7, 11) is 0. The first-order valence-corrected chi connectivity index (χ1v) is 4.63. The fraction of sp³-hybridized carbons (Fsp3) is 0.500. The van der Waals surface area contributed by atoms with Gasteiger partial charge in [-0.15, -0.1) is 0 Å². The summed E-state index contributed by atoms with van der Waals surface area (Å²) < 4.78 is 10.1. The summed E-state index contributed by atoms with van der Waals surface area (Å²) in [6.45, 7) is 2.81. The van der Waals surface area contributed by atoms with E-state index in [0.29, 0.717) is 6.61 Å². The lowest BCUT2D eigenvalue weighted by Crippen LogP contribution is -2.03. The van der Waals surface area contributed by atoms with Crippen molar-refractivity contribution in [3.05, 3.63) is 28.3 Å². The molecule has 0 amide bonds. The van der Waals surface area contributed by atoms with Gasteiger partial charge in [0.25, 0.3) is 0 Å². The summed E-state index contributed by atoms with van der Waals surface area (Å²) in [5.41, 5.74) is -0.439. The Bertz CT molecular complexity index is 329. The maximum absolute atomic E-state index is 11.0. The second-order valence-corrected chi connectivity index (χ2v) is 2.96. The molecule has 0 aromatic carbocycles. The molecule has 1 aromatic rings. The van der Waals surface area contributed by atoms with E-state index in [1.807, 2.05) is 0 Å². The third-order valence-corrected chi connectivity index (χ3v) is 1.80. The summed E-state index contributed by atoms with van der Waals surface area (Å²) in [6, 6.07) is 1.17. The third kappa shape index (κ3) is 2.88. The predicted octanol–water partition coefficient (Wildman–Crippen LogP) is 1.66. The van der Waals surface area contributed by atoms with Crippen LogP contribution in [-0.2, 0) is 11.3 Å². The standard InChI is InChI=1S/C10H14O4/c1-2-3-5-13-7-9-10(12)8(11)4-6-14-9/h4,6,12H,2-3,5,7H2,1H3. The molecule has 0 unspecified atom stereocenters. The molecule has 0 aliphatic carbocycles. The zero-order valence-electron chi connectivity index (χ0n) is 8.16. The van der Waals surface area contributed by atoms with Gasteiger partial charge >= 0.3 is 0 Å². The quantitative estimate of drug-likeness (QED) is 0.731. The summed E-state index contributed by atoms with van der Waals surface area (Å²) in [6.07, 6.45) is 3.25. The van der Waals surface area contributed by atoms with Crippen LogP contribution in [0.2, 0.25) is 0 Å². The Labute approximate surface area is 82.1 Å². The molecule has 1 heterocycles. The van der Waals surface area contributed by atoms with E-state index in [4.69, 9.17) is 9.15 Å². The lowest BCUT2D eigenvalue weighted by molar-refractivity contribution is 0.0993. The number of hydrogen-bond donors (Lipinski definition) is 1. The second-order valence-electron chi connectivity index (χ2n) is 2.96. The van der Waals surface area contributed by atoms with Gasteiger partial charge in [0.1, 0.15) is 6.61 Å². The molecule has 0 saturated carbocycles. The Morgan fingerprint density at radius 2 is 2.36 bits per heavy atom. The Morgan fingerprint density at radius 3 is 3.07 bits per heavy atom. The summed E-state index contributed by atoms with van der Waals surface area (Å²) >= 11 is 0. The molecule has 1 rings (SSSR count). The average molecular weight is 198 g/mol. The molecular formula is C10H14O4. The van der Waals surface area contributed by atoms with Gasteiger partial charge in [0, 0.05) is 12.7 Å². The maximum Gasteiger partial charge on any atom is 0.226 e. The molecule has 1 aromatic heterocycles. The predicted molar refractivity (Wildman–Crippen MR) is 51.2 cm³/mol. The molecule has 0 bridgehead atoms. The highest BCUT2D eigenvalue weighted by Crippen LogP contribution is 2.11. The van der Waals surface area contributed by atoms with Gasteiger partial charge in [-0.25, -0.2) is 0 Å². The molecule has 0 aliphatic heterocycles. The van der Waals surface area contributed by atoms with Crippen LogP contribution in [0.3, 0.4) is 0 Å². The zero-order chi connectivity index (χ0) is 10.4. The van der Waals surface area contributed by atoms with Gasteiger partial charge < -0.3 is 14.3 Å². The van der Waals surface area contributed by atoms with Crippen LogP contribution in [0.1, 0.15) is 25.5 Å². The van der Waals surface area contributed by atoms with Crippen molar-refractivity contribution in [2.45, 2.75) is 26.4 Å². The molecule has 0 aliphatic rings. The van der Waals surface area contributed by atoms with E-state index in [0.717, 1.165) is 12.8 Å². The van der Waals surface area contributed by atoms with Crippen LogP contribution < -0.4 is 5.43 Å². The van der Waals surface area contributed by atoms with Crippen LogP contribution in [0.4, 0.5) is 0 Å². The van der Waals surface area contributed by atoms with Gasteiger partial charge in [-0.3, -0.25) is 4.79 Å². The number of hydrogen-bond acceptors (Lipinski definition) is 4. The molecular weight excluding hydrogens is 184 g/mol. The van der Waals surface area contributed by atoms with Gasteiger partial charge in [-0.2, -0.15) is 0 Å². The van der Waals surface area contributed by atoms with Crippen molar-refractivity contribution in [2.75, 3.05) is 6.61 Å². The average Bonchev–Trinajstić information content (AvgIpc) is 2.19. The normalized spacial score (nSPS) is 10.4. The van der Waals surface area contributed by atoms with Crippen molar-refractivity contribution in [3.63, 3.8) is 0 Å². The van der Waals surface area contributed by atoms with Crippen LogP contribution >= 0.6 is 0 Å². The molecule has 14 heavy (non-hydrogen) atoms. The van der Waals surface area contributed by atoms with E-state index >= 15 is 0 Å². The van der Waals surface area contributed by atoms with Gasteiger partial charge in [-0.05, 0) is 6.42 Å². The van der Waals surface area contributed by atoms with Crippen molar-refractivity contribution in [1.82, 2.24) is 0 Å². The van der Waals surface area contributed by atoms with Crippen molar-refractivity contribution >= 4 is 0 Å². The zero-order valence-corrected chi connectivity index (χ0v) is 8.16. The monoisotopic (exact) mass is 198 g/mol. The van der Waals surface area contributed by atoms with Crippen LogP contribution in [0.15, 0.2) is 21.5 Å². The third-order valence-electron chi connectivity index (χ3n) is 1.80. The van der Waals surface area contributed by atoms with Crippen LogP contribution in [0.25, 0.3) is 0 Å². The molecule has 78 valence electrons. The lowest BCUT2D eigenvalue weighted by atomic mass is 10.3. The summed E-state index contributed by atoms with van der Waals surface area (Å²) in [5.74, 6) is -0.169. The highest BCUT2D eigenvalue weighted by molar-refractivity contribution is 5.21. The highest BCUT2D eigenvalue weighted by Gasteiger charge is 2.06. The van der Waals surface area contributed by atoms with Crippen LogP contribution in [-0.4, -0.2) is 11.7 Å². The summed E-state index contributed by atoms with van der Waals surface area (Å²) in [5, 5.41) is 9.27. The van der Waals surface area contributed by atoms with Gasteiger partial charge in [0.2, 0.25) is 11.2 Å². The molecule has 0 radical (unpaired) electrons. The topological polar surface area (TPSA) is 59.7 Å². The van der Waals surface area contributed by atoms with E-state index < -0.39 is 5.43 Å². The van der Waals surface area contributed by atoms with Crippen molar-refractivity contribution in [2.24, 2.45) is 0 Å². The maximum atomic E-state index is 11.0. The number of ether oxygens (including phenoxy) is 1. The van der Waals surface area contributed by atoms with E-state index in [1.54, 1.807) is 0 Å². The van der Waals surface area contributed by atoms with E-state index in [1.165, 1.54) is 12.3 Å². The van der Waals surface area contributed by atoms with Gasteiger partial charge in [0.15, 0.2) is 5.76 Å². The van der Waals surface area contributed by atoms with E-state index in [9.17, 15) is 9.90 Å². The number of rotatable bonds is 5. The Balaban J connectivity index is 2.51. The highest BCUT2D eigenvalue weighted by atomic mass is 16.5. The molecule has 0 saturated heterocycles. The first-order valence-electron chi connectivity index (χ1n) is 4.63. The smallest absolute Gasteiger partial charge is 0.226 e. The van der Waals surface area contributed by atoms with Crippen molar-refractivity contribution < 1.29 is 14.3 Å². The minimum atomic E-state index is -0.439. The van der Waals surface area contributed by atoms with Crippen LogP contribution in [0.5, 0.6) is 5.75 Å². The van der Waals surface area contributed by atoms with E-state index in [-0.39, 0.29) is 18.1 Å². The SMILES string of the molecule is CCCCOCc1occc(=O)c1O. The van der Waals surface area contributed by atoms with E-state index in [2.05, 4.69) is 6.92 Å². The minimum absolute atomic E-state index is 0.141. The van der Waals surface area contributed by atoms with Crippen LogP contribution in [0, 0.1) is 0 Å². The number of unbranched alkanes of at least 4 members (excludes halogenated alkanes) is 1. The minimum Gasteiger partial charge on any atom is -0.502 e. The molecule has 0 spiro atoms. The molecule has 0 atom stereocenters. The van der Waals surface area contributed by atoms with Gasteiger partial charge in [0.05, 0.1) is 6.26 Å².